The van der Waals surface area contributed by atoms with Crippen molar-refractivity contribution in [1.82, 2.24) is 4.98 Å². The van der Waals surface area contributed by atoms with Crippen LogP contribution in [0, 0.1) is 0 Å². The number of hydrogen-bond acceptors (Lipinski definition) is 3. The molecule has 0 spiro atoms. The molecule has 70 valence electrons. The van der Waals surface area contributed by atoms with E-state index >= 15 is 0 Å². The lowest BCUT2D eigenvalue weighted by molar-refractivity contribution is 0.101. The standard InChI is InChI=1S/C11H10N2O/c1-7(14)8-2-3-11-9(4-8)5-10(12)6-13-11/h2-6H,12H2,1H3. The van der Waals surface area contributed by atoms with Gasteiger partial charge in [-0.25, -0.2) is 0 Å². The summed E-state index contributed by atoms with van der Waals surface area (Å²) in [6, 6.07) is 7.22. The monoisotopic (exact) mass is 186 g/mol. The van der Waals surface area contributed by atoms with Crippen LogP contribution in [0.5, 0.6) is 0 Å². The van der Waals surface area contributed by atoms with E-state index in [4.69, 9.17) is 5.73 Å². The summed E-state index contributed by atoms with van der Waals surface area (Å²) in [5, 5.41) is 0.901. The lowest BCUT2D eigenvalue weighted by Crippen LogP contribution is -1.93. The normalized spacial score (nSPS) is 10.4. The highest BCUT2D eigenvalue weighted by Crippen LogP contribution is 2.16. The molecule has 0 aliphatic heterocycles. The van der Waals surface area contributed by atoms with E-state index in [0.717, 1.165) is 10.9 Å². The van der Waals surface area contributed by atoms with Crippen LogP contribution < -0.4 is 5.73 Å². The maximum Gasteiger partial charge on any atom is 0.159 e. The van der Waals surface area contributed by atoms with E-state index in [2.05, 4.69) is 4.98 Å². The number of pyridine rings is 1. The number of ketones is 1. The van der Waals surface area contributed by atoms with Gasteiger partial charge in [-0.1, -0.05) is 0 Å². The average Bonchev–Trinajstić information content (AvgIpc) is 2.16. The predicted molar refractivity (Wildman–Crippen MR) is 56.2 cm³/mol. The number of carbonyl (C=O) groups excluding carboxylic acids is 1. The zero-order chi connectivity index (χ0) is 10.1. The van der Waals surface area contributed by atoms with Crippen molar-refractivity contribution in [1.29, 1.82) is 0 Å². The van der Waals surface area contributed by atoms with Crippen LogP contribution in [-0.4, -0.2) is 10.8 Å². The molecule has 14 heavy (non-hydrogen) atoms. The average molecular weight is 186 g/mol. The van der Waals surface area contributed by atoms with Gasteiger partial charge < -0.3 is 5.73 Å². The summed E-state index contributed by atoms with van der Waals surface area (Å²) in [6.07, 6.45) is 1.61. The second-order valence-corrected chi connectivity index (χ2v) is 3.23. The van der Waals surface area contributed by atoms with E-state index in [-0.39, 0.29) is 5.78 Å². The Hall–Kier alpha value is -1.90. The van der Waals surface area contributed by atoms with E-state index in [1.165, 1.54) is 0 Å². The maximum absolute atomic E-state index is 11.1. The highest BCUT2D eigenvalue weighted by molar-refractivity contribution is 5.98. The first kappa shape index (κ1) is 8.69. The minimum atomic E-state index is 0.0503. The largest absolute Gasteiger partial charge is 0.397 e. The lowest BCUT2D eigenvalue weighted by Gasteiger charge is -2.00. The number of nitrogen functional groups attached to an aromatic ring is 1. The molecule has 0 fully saturated rings. The maximum atomic E-state index is 11.1. The van der Waals surface area contributed by atoms with Crippen LogP contribution in [0.2, 0.25) is 0 Å². The third kappa shape index (κ3) is 1.44. The van der Waals surface area contributed by atoms with Crippen LogP contribution in [0.3, 0.4) is 0 Å². The van der Waals surface area contributed by atoms with E-state index in [1.807, 2.05) is 12.1 Å². The molecule has 0 saturated heterocycles. The number of carbonyl (C=O) groups is 1. The Bertz CT molecular complexity index is 506. The summed E-state index contributed by atoms with van der Waals surface area (Å²) < 4.78 is 0. The topological polar surface area (TPSA) is 56.0 Å². The lowest BCUT2D eigenvalue weighted by atomic mass is 10.1. The minimum absolute atomic E-state index is 0.0503. The molecule has 0 atom stereocenters. The molecule has 1 heterocycles. The molecular formula is C11H10N2O. The predicted octanol–water partition coefficient (Wildman–Crippen LogP) is 2.02. The molecule has 2 rings (SSSR count). The van der Waals surface area contributed by atoms with Gasteiger partial charge in [0.1, 0.15) is 0 Å². The van der Waals surface area contributed by atoms with Crippen molar-refractivity contribution in [3.05, 3.63) is 36.0 Å². The fourth-order valence-corrected chi connectivity index (χ4v) is 1.37. The molecule has 2 N–H and O–H groups in total. The SMILES string of the molecule is CC(=O)c1ccc2ncc(N)cc2c1. The molecule has 1 aromatic heterocycles. The molecule has 0 saturated carbocycles. The molecule has 0 unspecified atom stereocenters. The Morgan fingerprint density at radius 2 is 2.14 bits per heavy atom. The Balaban J connectivity index is 2.69. The van der Waals surface area contributed by atoms with Crippen LogP contribution >= 0.6 is 0 Å². The van der Waals surface area contributed by atoms with Gasteiger partial charge in [0.15, 0.2) is 5.78 Å². The fraction of sp³-hybridized carbons (Fsp3) is 0.0909. The number of fused-ring (bicyclic) bond motifs is 1. The van der Waals surface area contributed by atoms with Gasteiger partial charge in [0, 0.05) is 10.9 Å². The van der Waals surface area contributed by atoms with Gasteiger partial charge in [0.2, 0.25) is 0 Å². The molecule has 0 radical (unpaired) electrons. The third-order valence-corrected chi connectivity index (χ3v) is 2.11. The van der Waals surface area contributed by atoms with Gasteiger partial charge >= 0.3 is 0 Å². The second-order valence-electron chi connectivity index (χ2n) is 3.23. The third-order valence-electron chi connectivity index (χ3n) is 2.11. The Morgan fingerprint density at radius 3 is 2.86 bits per heavy atom. The van der Waals surface area contributed by atoms with Gasteiger partial charge in [-0.3, -0.25) is 9.78 Å². The van der Waals surface area contributed by atoms with Crippen molar-refractivity contribution < 1.29 is 4.79 Å². The smallest absolute Gasteiger partial charge is 0.159 e. The summed E-state index contributed by atoms with van der Waals surface area (Å²) >= 11 is 0. The highest BCUT2D eigenvalue weighted by Gasteiger charge is 2.01. The highest BCUT2D eigenvalue weighted by atomic mass is 16.1. The molecular weight excluding hydrogens is 176 g/mol. The van der Waals surface area contributed by atoms with Crippen LogP contribution in [0.25, 0.3) is 10.9 Å². The molecule has 0 aliphatic rings. The first-order valence-electron chi connectivity index (χ1n) is 4.33. The molecule has 2 aromatic rings. The summed E-state index contributed by atoms with van der Waals surface area (Å²) in [4.78, 5) is 15.3. The molecule has 3 nitrogen and oxygen atoms in total. The second kappa shape index (κ2) is 3.10. The molecule has 1 aromatic carbocycles. The van der Waals surface area contributed by atoms with Gasteiger partial charge in [-0.15, -0.1) is 0 Å². The van der Waals surface area contributed by atoms with E-state index in [0.29, 0.717) is 11.3 Å². The number of aromatic nitrogens is 1. The first-order chi connectivity index (χ1) is 6.66. The minimum Gasteiger partial charge on any atom is -0.397 e. The Labute approximate surface area is 81.6 Å². The number of nitrogens with zero attached hydrogens (tertiary/aromatic N) is 1. The Kier molecular flexibility index (Phi) is 1.93. The number of Topliss-reactive ketones (excluding diaryl/α,β-unsaturated/α-hetero) is 1. The molecule has 0 amide bonds. The van der Waals surface area contributed by atoms with Crippen molar-refractivity contribution in [3.8, 4) is 0 Å². The van der Waals surface area contributed by atoms with E-state index in [9.17, 15) is 4.79 Å². The van der Waals surface area contributed by atoms with Gasteiger partial charge in [0.05, 0.1) is 17.4 Å². The zero-order valence-corrected chi connectivity index (χ0v) is 7.82. The molecule has 0 bridgehead atoms. The number of rotatable bonds is 1. The van der Waals surface area contributed by atoms with Crippen LogP contribution in [0.15, 0.2) is 30.5 Å². The van der Waals surface area contributed by atoms with Crippen LogP contribution in [0.1, 0.15) is 17.3 Å². The van der Waals surface area contributed by atoms with Crippen LogP contribution in [0.4, 0.5) is 5.69 Å². The van der Waals surface area contributed by atoms with Crippen LogP contribution in [-0.2, 0) is 0 Å². The quantitative estimate of drug-likeness (QED) is 0.693. The number of nitrogens with two attached hydrogens (primary N) is 1. The van der Waals surface area contributed by atoms with E-state index in [1.54, 1.807) is 25.3 Å². The molecule has 0 aliphatic carbocycles. The van der Waals surface area contributed by atoms with Crippen molar-refractivity contribution in [2.24, 2.45) is 0 Å². The van der Waals surface area contributed by atoms with Gasteiger partial charge in [0.25, 0.3) is 0 Å². The number of benzene rings is 1. The van der Waals surface area contributed by atoms with Crippen molar-refractivity contribution >= 4 is 22.4 Å². The number of hydrogen-bond donors (Lipinski definition) is 1. The van der Waals surface area contributed by atoms with Crippen molar-refractivity contribution in [3.63, 3.8) is 0 Å². The Morgan fingerprint density at radius 1 is 1.36 bits per heavy atom. The summed E-state index contributed by atoms with van der Waals surface area (Å²) in [5.41, 5.74) is 7.75. The summed E-state index contributed by atoms with van der Waals surface area (Å²) in [7, 11) is 0. The van der Waals surface area contributed by atoms with Gasteiger partial charge in [-0.05, 0) is 31.2 Å². The fourth-order valence-electron chi connectivity index (χ4n) is 1.37. The zero-order valence-electron chi connectivity index (χ0n) is 7.82. The number of anilines is 1. The van der Waals surface area contributed by atoms with Crippen molar-refractivity contribution in [2.75, 3.05) is 5.73 Å². The first-order valence-corrected chi connectivity index (χ1v) is 4.33. The summed E-state index contributed by atoms with van der Waals surface area (Å²) in [6.45, 7) is 1.54. The van der Waals surface area contributed by atoms with Crippen molar-refractivity contribution in [2.45, 2.75) is 6.92 Å². The summed E-state index contributed by atoms with van der Waals surface area (Å²) in [5.74, 6) is 0.0503. The van der Waals surface area contributed by atoms with E-state index < -0.39 is 0 Å². The van der Waals surface area contributed by atoms with Gasteiger partial charge in [-0.2, -0.15) is 0 Å². The molecule has 3 heteroatoms.